The molecule has 0 spiro atoms. The number of hydrogen-bond acceptors (Lipinski definition) is 3. The van der Waals surface area contributed by atoms with Crippen LogP contribution in [0, 0.1) is 0 Å². The summed E-state index contributed by atoms with van der Waals surface area (Å²) in [5, 5.41) is 2.61. The van der Waals surface area contributed by atoms with Crippen LogP contribution in [-0.4, -0.2) is 35.4 Å². The summed E-state index contributed by atoms with van der Waals surface area (Å²) in [7, 11) is -4.52. The minimum absolute atomic E-state index is 0.0277. The summed E-state index contributed by atoms with van der Waals surface area (Å²) in [5.74, 6) is 0. The van der Waals surface area contributed by atoms with Crippen LogP contribution in [0.3, 0.4) is 0 Å². The molecule has 0 N–H and O–H groups in total. The van der Waals surface area contributed by atoms with E-state index in [2.05, 4.69) is 152 Å². The molecule has 3 rings (SSSR count). The van der Waals surface area contributed by atoms with Crippen molar-refractivity contribution < 1.29 is 13.6 Å². The zero-order valence-electron chi connectivity index (χ0n) is 25.0. The average molecular weight is 665 g/mol. The van der Waals surface area contributed by atoms with Crippen LogP contribution in [0.5, 0.6) is 0 Å². The molecule has 0 radical (unpaired) electrons. The Morgan fingerprint density at radius 2 is 1.32 bits per heavy atom. The molecular formula is C32H49IO3Si2. The Morgan fingerprint density at radius 3 is 1.74 bits per heavy atom. The summed E-state index contributed by atoms with van der Waals surface area (Å²) in [4.78, 5) is 0. The van der Waals surface area contributed by atoms with Gasteiger partial charge in [0.25, 0.3) is 8.32 Å². The van der Waals surface area contributed by atoms with Crippen LogP contribution in [0.15, 0.2) is 70.5 Å². The van der Waals surface area contributed by atoms with Crippen LogP contribution in [-0.2, 0) is 13.6 Å². The second-order valence-corrected chi connectivity index (χ2v) is 23.5. The van der Waals surface area contributed by atoms with Crippen LogP contribution >= 0.6 is 22.6 Å². The molecule has 6 heteroatoms. The van der Waals surface area contributed by atoms with Crippen LogP contribution in [0.4, 0.5) is 0 Å². The van der Waals surface area contributed by atoms with Crippen molar-refractivity contribution in [1.82, 2.24) is 0 Å². The molecule has 1 aliphatic heterocycles. The summed E-state index contributed by atoms with van der Waals surface area (Å²) in [6, 6.07) is 21.8. The lowest BCUT2D eigenvalue weighted by Gasteiger charge is -2.45. The normalized spacial score (nSPS) is 19.1. The Labute approximate surface area is 248 Å². The van der Waals surface area contributed by atoms with Crippen molar-refractivity contribution in [3.05, 3.63) is 70.5 Å². The molecule has 0 unspecified atom stereocenters. The molecule has 0 fully saturated rings. The first-order chi connectivity index (χ1) is 17.8. The van der Waals surface area contributed by atoms with E-state index in [4.69, 9.17) is 13.6 Å². The van der Waals surface area contributed by atoms with Gasteiger partial charge < -0.3 is 13.6 Å². The smallest absolute Gasteiger partial charge is 0.261 e. The molecule has 1 heterocycles. The van der Waals surface area contributed by atoms with Crippen LogP contribution in [0.2, 0.25) is 21.7 Å². The summed E-state index contributed by atoms with van der Waals surface area (Å²) in [5.41, 5.74) is 1.69. The Hall–Kier alpha value is -0.936. The predicted octanol–water partition coefficient (Wildman–Crippen LogP) is 8.58. The van der Waals surface area contributed by atoms with E-state index >= 15 is 0 Å². The Balaban J connectivity index is 1.82. The van der Waals surface area contributed by atoms with E-state index in [9.17, 15) is 0 Å². The molecule has 2 aromatic rings. The zero-order chi connectivity index (χ0) is 28.1. The van der Waals surface area contributed by atoms with Crippen LogP contribution in [0.1, 0.15) is 75.2 Å². The van der Waals surface area contributed by atoms with Crippen molar-refractivity contribution >= 4 is 49.6 Å². The van der Waals surface area contributed by atoms with E-state index in [1.54, 1.807) is 0 Å². The number of rotatable bonds is 11. The summed E-state index contributed by atoms with van der Waals surface area (Å²) >= 11 is 2.33. The van der Waals surface area contributed by atoms with Gasteiger partial charge in [0.1, 0.15) is 6.10 Å². The van der Waals surface area contributed by atoms with Gasteiger partial charge in [0.2, 0.25) is 8.32 Å². The highest BCUT2D eigenvalue weighted by Crippen LogP contribution is 2.44. The Bertz CT molecular complexity index is 970. The molecule has 2 atom stereocenters. The standard InChI is InChI=1S/C32H49IO3Si2/c1-24(2)37(25(3)4,26(5)6)36-28-22-27(35-31(33)23-28)20-21-34-38(32(7,8)9,29-16-12-10-13-17-29)30-18-14-11-15-19-30/h10-19,23-28H,20-22H2,1-9H3/t27-,28-/m1/s1. The fraction of sp³-hybridized carbons (Fsp3) is 0.562. The molecule has 210 valence electrons. The predicted molar refractivity (Wildman–Crippen MR) is 176 cm³/mol. The lowest BCUT2D eigenvalue weighted by Crippen LogP contribution is -2.66. The second-order valence-electron chi connectivity index (χ2n) is 12.7. The van der Waals surface area contributed by atoms with Gasteiger partial charge in [-0.1, -0.05) is 123 Å². The highest BCUT2D eigenvalue weighted by Gasteiger charge is 2.50. The molecule has 0 amide bonds. The summed E-state index contributed by atoms with van der Waals surface area (Å²) in [6.07, 6.45) is 4.14. The monoisotopic (exact) mass is 664 g/mol. The van der Waals surface area contributed by atoms with E-state index in [0.29, 0.717) is 23.2 Å². The number of ether oxygens (including phenoxy) is 1. The maximum Gasteiger partial charge on any atom is 0.261 e. The van der Waals surface area contributed by atoms with E-state index in [1.807, 2.05) is 0 Å². The lowest BCUT2D eigenvalue weighted by atomic mass is 10.1. The first kappa shape index (κ1) is 31.6. The van der Waals surface area contributed by atoms with Gasteiger partial charge in [-0.25, -0.2) is 0 Å². The van der Waals surface area contributed by atoms with Crippen molar-refractivity contribution in [2.24, 2.45) is 0 Å². The fourth-order valence-electron chi connectivity index (χ4n) is 6.75. The van der Waals surface area contributed by atoms with Gasteiger partial charge >= 0.3 is 0 Å². The SMILES string of the molecule is CC(C)[Si](O[C@H]1C=C(I)O[C@H](CCO[Si](c2ccccc2)(c2ccccc2)C(C)(C)C)C1)(C(C)C)C(C)C. The average Bonchev–Trinajstić information content (AvgIpc) is 2.84. The Morgan fingerprint density at radius 1 is 0.842 bits per heavy atom. The highest BCUT2D eigenvalue weighted by atomic mass is 127. The largest absolute Gasteiger partial charge is 0.485 e. The van der Waals surface area contributed by atoms with Gasteiger partial charge in [-0.15, -0.1) is 0 Å². The van der Waals surface area contributed by atoms with Crippen molar-refractivity contribution in [3.63, 3.8) is 0 Å². The third kappa shape index (κ3) is 6.68. The van der Waals surface area contributed by atoms with Crippen LogP contribution in [0.25, 0.3) is 0 Å². The first-order valence-corrected chi connectivity index (χ1v) is 19.4. The van der Waals surface area contributed by atoms with Crippen molar-refractivity contribution in [2.75, 3.05) is 6.61 Å². The minimum atomic E-state index is -2.55. The van der Waals surface area contributed by atoms with Crippen molar-refractivity contribution in [3.8, 4) is 0 Å². The Kier molecular flexibility index (Phi) is 10.9. The van der Waals surface area contributed by atoms with Crippen LogP contribution < -0.4 is 10.4 Å². The second kappa shape index (κ2) is 13.2. The van der Waals surface area contributed by atoms with E-state index in [1.165, 1.54) is 10.4 Å². The molecule has 0 bridgehead atoms. The summed E-state index contributed by atoms with van der Waals surface area (Å²) in [6.45, 7) is 21.8. The van der Waals surface area contributed by atoms with Gasteiger partial charge in [0.15, 0.2) is 3.77 Å². The molecule has 0 saturated heterocycles. The van der Waals surface area contributed by atoms with Gasteiger partial charge in [-0.2, -0.15) is 0 Å². The van der Waals surface area contributed by atoms with Crippen molar-refractivity contribution in [1.29, 1.82) is 0 Å². The highest BCUT2D eigenvalue weighted by molar-refractivity contribution is 14.1. The van der Waals surface area contributed by atoms with Crippen molar-refractivity contribution in [2.45, 2.75) is 109 Å². The molecular weight excluding hydrogens is 615 g/mol. The third-order valence-electron chi connectivity index (χ3n) is 8.33. The summed E-state index contributed by atoms with van der Waals surface area (Å²) < 4.78 is 21.6. The van der Waals surface area contributed by atoms with Gasteiger partial charge in [0, 0.05) is 19.4 Å². The third-order valence-corrected chi connectivity index (χ3v) is 20.1. The molecule has 0 aliphatic carbocycles. The molecule has 38 heavy (non-hydrogen) atoms. The molecule has 1 aliphatic rings. The first-order valence-electron chi connectivity index (χ1n) is 14.3. The van der Waals surface area contributed by atoms with Gasteiger partial charge in [-0.05, 0) is 60.7 Å². The quantitative estimate of drug-likeness (QED) is 0.178. The topological polar surface area (TPSA) is 27.7 Å². The lowest BCUT2D eigenvalue weighted by molar-refractivity contribution is 0.0486. The zero-order valence-corrected chi connectivity index (χ0v) is 29.1. The van der Waals surface area contributed by atoms with Gasteiger partial charge in [-0.3, -0.25) is 0 Å². The minimum Gasteiger partial charge on any atom is -0.485 e. The maximum absolute atomic E-state index is 7.16. The molecule has 0 aromatic heterocycles. The fourth-order valence-corrected chi connectivity index (χ4v) is 17.6. The molecule has 3 nitrogen and oxygen atoms in total. The van der Waals surface area contributed by atoms with E-state index < -0.39 is 16.6 Å². The number of halogens is 1. The molecule has 0 saturated carbocycles. The molecule has 2 aromatic carbocycles. The number of hydrogen-bond donors (Lipinski definition) is 0. The van der Waals surface area contributed by atoms with Gasteiger partial charge in [0.05, 0.1) is 6.10 Å². The number of benzene rings is 2. The maximum atomic E-state index is 7.16. The van der Waals surface area contributed by atoms with E-state index in [0.717, 1.165) is 16.6 Å². The van der Waals surface area contributed by atoms with E-state index in [-0.39, 0.29) is 17.2 Å².